The number of esters is 1. The van der Waals surface area contributed by atoms with Crippen molar-refractivity contribution < 1.29 is 38.1 Å². The highest BCUT2D eigenvalue weighted by molar-refractivity contribution is 5.89. The molecule has 0 spiro atoms. The summed E-state index contributed by atoms with van der Waals surface area (Å²) >= 11 is 0. The van der Waals surface area contributed by atoms with Crippen molar-refractivity contribution in [1.29, 1.82) is 0 Å². The Morgan fingerprint density at radius 2 is 1.38 bits per heavy atom. The van der Waals surface area contributed by atoms with Crippen molar-refractivity contribution in [3.05, 3.63) is 41.7 Å². The third-order valence-corrected chi connectivity index (χ3v) is 5.81. The molecule has 0 aliphatic heterocycles. The number of benzene rings is 1. The molecule has 0 radical (unpaired) electrons. The van der Waals surface area contributed by atoms with Gasteiger partial charge in [-0.15, -0.1) is 5.10 Å². The minimum atomic E-state index is -1.37. The smallest absolute Gasteiger partial charge is 0.408 e. The van der Waals surface area contributed by atoms with Crippen LogP contribution in [-0.2, 0) is 41.7 Å². The fourth-order valence-corrected chi connectivity index (χ4v) is 3.64. The van der Waals surface area contributed by atoms with Crippen LogP contribution in [0, 0.1) is 0 Å². The highest BCUT2D eigenvalue weighted by Gasteiger charge is 2.35. The summed E-state index contributed by atoms with van der Waals surface area (Å²) < 4.78 is 23.2. The minimum Gasteiger partial charge on any atom is -0.462 e. The fraction of sp³-hybridized carbons (Fsp3) is 0.633. The molecule has 1 heterocycles. The number of tetrazole rings is 1. The van der Waals surface area contributed by atoms with Crippen LogP contribution < -0.4 is 16.0 Å². The van der Waals surface area contributed by atoms with E-state index in [1.54, 1.807) is 41.5 Å². The van der Waals surface area contributed by atoms with Crippen molar-refractivity contribution in [3.63, 3.8) is 0 Å². The zero-order valence-corrected chi connectivity index (χ0v) is 27.8. The highest BCUT2D eigenvalue weighted by Crippen LogP contribution is 2.16. The molecule has 0 aliphatic rings. The zero-order valence-electron chi connectivity index (χ0n) is 27.8. The van der Waals surface area contributed by atoms with Crippen LogP contribution in [0.25, 0.3) is 0 Å². The quantitative estimate of drug-likeness (QED) is 0.217. The van der Waals surface area contributed by atoms with E-state index < -0.39 is 52.4 Å². The number of nitrogens with one attached hydrogen (secondary N) is 3. The Morgan fingerprint density at radius 1 is 0.822 bits per heavy atom. The zero-order chi connectivity index (χ0) is 34.1. The van der Waals surface area contributed by atoms with Crippen LogP contribution in [-0.4, -0.2) is 79.8 Å². The standard InChI is InChI=1S/C30H47N7O8/c1-27(2,3)44-25(40)32-29(7,8)23(38)31-21(19-42-18-20-14-12-11-13-15-20)22-34-35-36-37(22)16-17-43-24(39)30(9,10)33-26(41)45-28(4,5)6/h11-15,21H,16-19H2,1-10H3,(H,31,38)(H,32,40)(H,33,41)/t21-/m1/s1. The van der Waals surface area contributed by atoms with Gasteiger partial charge < -0.3 is 34.9 Å². The molecule has 0 aliphatic carbocycles. The van der Waals surface area contributed by atoms with Gasteiger partial charge in [-0.1, -0.05) is 30.3 Å². The molecule has 2 aromatic rings. The molecular weight excluding hydrogens is 586 g/mol. The van der Waals surface area contributed by atoms with E-state index in [1.807, 2.05) is 30.3 Å². The Morgan fingerprint density at radius 3 is 1.93 bits per heavy atom. The first-order chi connectivity index (χ1) is 20.7. The Hall–Kier alpha value is -4.27. The fourth-order valence-electron chi connectivity index (χ4n) is 3.64. The van der Waals surface area contributed by atoms with Gasteiger partial charge in [-0.3, -0.25) is 4.79 Å². The van der Waals surface area contributed by atoms with Gasteiger partial charge >= 0.3 is 18.2 Å². The lowest BCUT2D eigenvalue weighted by molar-refractivity contribution is -0.150. The molecule has 15 nitrogen and oxygen atoms in total. The van der Waals surface area contributed by atoms with Crippen LogP contribution in [0.4, 0.5) is 9.59 Å². The molecule has 0 fully saturated rings. The summed E-state index contributed by atoms with van der Waals surface area (Å²) in [5, 5.41) is 19.7. The number of carbonyl (C=O) groups excluding carboxylic acids is 4. The molecule has 2 rings (SSSR count). The van der Waals surface area contributed by atoms with Gasteiger partial charge in [0.05, 0.1) is 19.8 Å². The second-order valence-corrected chi connectivity index (χ2v) is 13.4. The lowest BCUT2D eigenvalue weighted by Gasteiger charge is -2.29. The molecule has 0 bridgehead atoms. The number of hydrogen-bond acceptors (Lipinski definition) is 11. The number of aromatic nitrogens is 4. The van der Waals surface area contributed by atoms with Gasteiger partial charge in [-0.05, 0) is 85.2 Å². The van der Waals surface area contributed by atoms with E-state index in [0.29, 0.717) is 0 Å². The Labute approximate surface area is 264 Å². The summed E-state index contributed by atoms with van der Waals surface area (Å²) in [6.45, 7) is 16.5. The lowest BCUT2D eigenvalue weighted by Crippen LogP contribution is -2.56. The Bertz CT molecular complexity index is 1300. The molecule has 1 aromatic heterocycles. The highest BCUT2D eigenvalue weighted by atomic mass is 16.6. The number of carbonyl (C=O) groups is 4. The SMILES string of the molecule is CC(C)(C)OC(=O)NC(C)(C)C(=O)N[C@H](COCc1ccccc1)c1nnnn1CCOC(=O)C(C)(C)NC(=O)OC(C)(C)C. The van der Waals surface area contributed by atoms with Crippen molar-refractivity contribution in [1.82, 2.24) is 36.2 Å². The van der Waals surface area contributed by atoms with Crippen LogP contribution in [0.15, 0.2) is 30.3 Å². The first kappa shape index (κ1) is 36.9. The number of nitrogens with zero attached hydrogens (tertiary/aromatic N) is 4. The van der Waals surface area contributed by atoms with Crippen molar-refractivity contribution in [3.8, 4) is 0 Å². The van der Waals surface area contributed by atoms with Crippen LogP contribution in [0.3, 0.4) is 0 Å². The van der Waals surface area contributed by atoms with E-state index >= 15 is 0 Å². The maximum atomic E-state index is 13.4. The van der Waals surface area contributed by atoms with Gasteiger partial charge in [0, 0.05) is 0 Å². The number of hydrogen-bond donors (Lipinski definition) is 3. The van der Waals surface area contributed by atoms with Crippen molar-refractivity contribution in [2.75, 3.05) is 13.2 Å². The maximum absolute atomic E-state index is 13.4. The van der Waals surface area contributed by atoms with Crippen LogP contribution in [0.2, 0.25) is 0 Å². The number of rotatable bonds is 13. The molecule has 3 amide bonds. The van der Waals surface area contributed by atoms with Gasteiger partial charge in [-0.25, -0.2) is 19.1 Å². The van der Waals surface area contributed by atoms with Gasteiger partial charge in [-0.2, -0.15) is 0 Å². The molecule has 3 N–H and O–H groups in total. The molecule has 1 aromatic carbocycles. The summed E-state index contributed by atoms with van der Waals surface area (Å²) in [4.78, 5) is 50.7. The van der Waals surface area contributed by atoms with Crippen molar-refractivity contribution >= 4 is 24.1 Å². The Kier molecular flexibility index (Phi) is 12.4. The number of alkyl carbamates (subject to hydrolysis) is 2. The lowest BCUT2D eigenvalue weighted by atomic mass is 10.0. The average Bonchev–Trinajstić information content (AvgIpc) is 3.34. The molecule has 1 atom stereocenters. The Balaban J connectivity index is 2.13. The van der Waals surface area contributed by atoms with Crippen molar-refractivity contribution in [2.24, 2.45) is 0 Å². The first-order valence-corrected chi connectivity index (χ1v) is 14.6. The van der Waals surface area contributed by atoms with E-state index in [-0.39, 0.29) is 32.2 Å². The van der Waals surface area contributed by atoms with E-state index in [1.165, 1.54) is 32.4 Å². The molecule has 250 valence electrons. The van der Waals surface area contributed by atoms with Crippen LogP contribution in [0.5, 0.6) is 0 Å². The molecule has 0 saturated heterocycles. The van der Waals surface area contributed by atoms with Gasteiger partial charge in [0.2, 0.25) is 5.91 Å². The summed E-state index contributed by atoms with van der Waals surface area (Å²) in [6, 6.07) is 8.61. The van der Waals surface area contributed by atoms with Gasteiger partial charge in [0.15, 0.2) is 5.82 Å². The first-order valence-electron chi connectivity index (χ1n) is 14.6. The monoisotopic (exact) mass is 633 g/mol. The van der Waals surface area contributed by atoms with Crippen LogP contribution >= 0.6 is 0 Å². The van der Waals surface area contributed by atoms with Crippen molar-refractivity contribution in [2.45, 2.75) is 111 Å². The summed E-state index contributed by atoms with van der Waals surface area (Å²) in [5.41, 5.74) is -3.32. The van der Waals surface area contributed by atoms with Gasteiger partial charge in [0.25, 0.3) is 0 Å². The van der Waals surface area contributed by atoms with Crippen LogP contribution in [0.1, 0.15) is 86.7 Å². The number of ether oxygens (including phenoxy) is 4. The molecule has 15 heteroatoms. The predicted octanol–water partition coefficient (Wildman–Crippen LogP) is 3.20. The van der Waals surface area contributed by atoms with E-state index in [9.17, 15) is 19.2 Å². The summed E-state index contributed by atoms with van der Waals surface area (Å²) in [7, 11) is 0. The molecule has 45 heavy (non-hydrogen) atoms. The largest absolute Gasteiger partial charge is 0.462 e. The normalized spacial score (nSPS) is 12.9. The van der Waals surface area contributed by atoms with Gasteiger partial charge in [0.1, 0.15) is 34.9 Å². The van der Waals surface area contributed by atoms with E-state index in [0.717, 1.165) is 5.56 Å². The average molecular weight is 634 g/mol. The van der Waals surface area contributed by atoms with E-state index in [2.05, 4.69) is 31.5 Å². The molecule has 0 unspecified atom stereocenters. The number of amides is 3. The third-order valence-electron chi connectivity index (χ3n) is 5.81. The maximum Gasteiger partial charge on any atom is 0.408 e. The minimum absolute atomic E-state index is 0.0177. The topological polar surface area (TPSA) is 185 Å². The summed E-state index contributed by atoms with van der Waals surface area (Å²) in [5.74, 6) is -1.02. The van der Waals surface area contributed by atoms with E-state index in [4.69, 9.17) is 18.9 Å². The second kappa shape index (κ2) is 15.1. The predicted molar refractivity (Wildman–Crippen MR) is 163 cm³/mol. The molecular formula is C30H47N7O8. The summed E-state index contributed by atoms with van der Waals surface area (Å²) in [6.07, 6.45) is -1.51. The molecule has 0 saturated carbocycles. The second-order valence-electron chi connectivity index (χ2n) is 13.4. The third kappa shape index (κ3) is 13.1.